The molecule has 1 saturated heterocycles. The van der Waals surface area contributed by atoms with Crippen molar-refractivity contribution in [3.8, 4) is 0 Å². The molecule has 0 radical (unpaired) electrons. The van der Waals surface area contributed by atoms with Crippen molar-refractivity contribution in [3.05, 3.63) is 30.3 Å². The number of amides is 1. The van der Waals surface area contributed by atoms with Crippen LogP contribution >= 0.6 is 0 Å². The first kappa shape index (κ1) is 14.7. The summed E-state index contributed by atoms with van der Waals surface area (Å²) in [6.07, 6.45) is 0.580. The lowest BCUT2D eigenvalue weighted by molar-refractivity contribution is 0.0353. The molecule has 0 aliphatic carbocycles. The third-order valence-corrected chi connectivity index (χ3v) is 3.27. The molecule has 1 unspecified atom stereocenters. The number of morpholine rings is 1. The van der Waals surface area contributed by atoms with E-state index in [2.05, 4.69) is 22.3 Å². The van der Waals surface area contributed by atoms with Crippen LogP contribution in [0.4, 0.5) is 10.5 Å². The first-order chi connectivity index (χ1) is 9.79. The minimum Gasteiger partial charge on any atom is -0.450 e. The van der Waals surface area contributed by atoms with Gasteiger partial charge in [-0.2, -0.15) is 0 Å². The van der Waals surface area contributed by atoms with Crippen LogP contribution in [0.2, 0.25) is 0 Å². The van der Waals surface area contributed by atoms with Crippen LogP contribution in [0.3, 0.4) is 0 Å². The Balaban J connectivity index is 1.75. The number of hydrogen-bond acceptors (Lipinski definition) is 4. The molecule has 1 fully saturated rings. The Hall–Kier alpha value is -1.75. The average Bonchev–Trinajstić information content (AvgIpc) is 2.49. The average molecular weight is 278 g/mol. The first-order valence-corrected chi connectivity index (χ1v) is 7.12. The molecule has 1 aromatic rings. The molecule has 0 spiro atoms. The summed E-state index contributed by atoms with van der Waals surface area (Å²) in [5.74, 6) is 0. The number of alkyl carbamates (subject to hydrolysis) is 1. The molecule has 1 aliphatic rings. The topological polar surface area (TPSA) is 50.8 Å². The number of anilines is 1. The molecule has 5 heteroatoms. The van der Waals surface area contributed by atoms with Crippen molar-refractivity contribution in [2.45, 2.75) is 19.4 Å². The molecule has 1 atom stereocenters. The van der Waals surface area contributed by atoms with Gasteiger partial charge in [0.15, 0.2) is 0 Å². The monoisotopic (exact) mass is 278 g/mol. The SMILES string of the molecule is CCOC(=O)NCCC1CN(c2ccccc2)CCO1. The second-order valence-electron chi connectivity index (χ2n) is 4.71. The van der Waals surface area contributed by atoms with Crippen LogP contribution in [-0.2, 0) is 9.47 Å². The Bertz CT molecular complexity index is 411. The highest BCUT2D eigenvalue weighted by atomic mass is 16.5. The molecule has 1 aliphatic heterocycles. The predicted octanol–water partition coefficient (Wildman–Crippen LogP) is 2.03. The number of nitrogens with zero attached hydrogens (tertiary/aromatic N) is 1. The third-order valence-electron chi connectivity index (χ3n) is 3.27. The first-order valence-electron chi connectivity index (χ1n) is 7.12. The van der Waals surface area contributed by atoms with E-state index >= 15 is 0 Å². The molecule has 1 heterocycles. The molecule has 0 saturated carbocycles. The van der Waals surface area contributed by atoms with Gasteiger partial charge in [0.2, 0.25) is 0 Å². The highest BCUT2D eigenvalue weighted by Gasteiger charge is 2.20. The maximum absolute atomic E-state index is 11.2. The molecule has 0 bridgehead atoms. The molecule has 0 aromatic heterocycles. The lowest BCUT2D eigenvalue weighted by atomic mass is 10.2. The minimum atomic E-state index is -0.358. The van der Waals surface area contributed by atoms with E-state index in [1.165, 1.54) is 5.69 Å². The Morgan fingerprint density at radius 1 is 1.45 bits per heavy atom. The van der Waals surface area contributed by atoms with E-state index in [0.29, 0.717) is 13.2 Å². The van der Waals surface area contributed by atoms with Crippen LogP contribution in [0.15, 0.2) is 30.3 Å². The van der Waals surface area contributed by atoms with Crippen LogP contribution in [0.5, 0.6) is 0 Å². The van der Waals surface area contributed by atoms with Crippen LogP contribution < -0.4 is 10.2 Å². The second-order valence-corrected chi connectivity index (χ2v) is 4.71. The number of nitrogens with one attached hydrogen (secondary N) is 1. The molecule has 110 valence electrons. The van der Waals surface area contributed by atoms with Crippen molar-refractivity contribution in [2.75, 3.05) is 37.7 Å². The zero-order valence-corrected chi connectivity index (χ0v) is 11.9. The Labute approximate surface area is 119 Å². The fourth-order valence-electron chi connectivity index (χ4n) is 2.28. The summed E-state index contributed by atoms with van der Waals surface area (Å²) in [5.41, 5.74) is 1.22. The Morgan fingerprint density at radius 2 is 2.25 bits per heavy atom. The largest absolute Gasteiger partial charge is 0.450 e. The summed E-state index contributed by atoms with van der Waals surface area (Å²) in [5, 5.41) is 2.73. The van der Waals surface area contributed by atoms with E-state index in [-0.39, 0.29) is 12.2 Å². The van der Waals surface area contributed by atoms with E-state index in [4.69, 9.17) is 9.47 Å². The van der Waals surface area contributed by atoms with Gasteiger partial charge < -0.3 is 19.7 Å². The number of rotatable bonds is 5. The maximum Gasteiger partial charge on any atom is 0.407 e. The van der Waals surface area contributed by atoms with Gasteiger partial charge in [0.1, 0.15) is 0 Å². The van der Waals surface area contributed by atoms with E-state index in [1.807, 2.05) is 18.2 Å². The number of hydrogen-bond donors (Lipinski definition) is 1. The van der Waals surface area contributed by atoms with E-state index < -0.39 is 0 Å². The van der Waals surface area contributed by atoms with E-state index in [0.717, 1.165) is 26.1 Å². The number of carbonyl (C=O) groups is 1. The number of benzene rings is 1. The van der Waals surface area contributed by atoms with Crippen molar-refractivity contribution in [1.82, 2.24) is 5.32 Å². The highest BCUT2D eigenvalue weighted by molar-refractivity contribution is 5.66. The summed E-state index contributed by atoms with van der Waals surface area (Å²) >= 11 is 0. The van der Waals surface area contributed by atoms with Gasteiger partial charge in [0.25, 0.3) is 0 Å². The van der Waals surface area contributed by atoms with Gasteiger partial charge in [0.05, 0.1) is 19.3 Å². The number of ether oxygens (including phenoxy) is 2. The predicted molar refractivity (Wildman–Crippen MR) is 78.0 cm³/mol. The molecule has 2 rings (SSSR count). The molecule has 1 N–H and O–H groups in total. The molecular formula is C15H22N2O3. The molecule has 20 heavy (non-hydrogen) atoms. The smallest absolute Gasteiger partial charge is 0.407 e. The fraction of sp³-hybridized carbons (Fsp3) is 0.533. The van der Waals surface area contributed by atoms with Crippen molar-refractivity contribution in [3.63, 3.8) is 0 Å². The minimum absolute atomic E-state index is 0.144. The lowest BCUT2D eigenvalue weighted by Gasteiger charge is -2.34. The van der Waals surface area contributed by atoms with Crippen LogP contribution in [0.25, 0.3) is 0 Å². The van der Waals surface area contributed by atoms with Crippen molar-refractivity contribution in [1.29, 1.82) is 0 Å². The second kappa shape index (κ2) is 7.75. The van der Waals surface area contributed by atoms with Gasteiger partial charge >= 0.3 is 6.09 Å². The van der Waals surface area contributed by atoms with Gasteiger partial charge in [-0.1, -0.05) is 18.2 Å². The summed E-state index contributed by atoms with van der Waals surface area (Å²) < 4.78 is 10.6. The summed E-state index contributed by atoms with van der Waals surface area (Å²) in [7, 11) is 0. The van der Waals surface area contributed by atoms with E-state index in [9.17, 15) is 4.79 Å². The molecule has 1 aromatic carbocycles. The Morgan fingerprint density at radius 3 is 3.00 bits per heavy atom. The van der Waals surface area contributed by atoms with Gasteiger partial charge in [-0.3, -0.25) is 0 Å². The standard InChI is InChI=1S/C15H22N2O3/c1-2-19-15(18)16-9-8-14-12-17(10-11-20-14)13-6-4-3-5-7-13/h3-7,14H,2,8-12H2,1H3,(H,16,18). The summed E-state index contributed by atoms with van der Waals surface area (Å²) in [4.78, 5) is 13.5. The molecule has 5 nitrogen and oxygen atoms in total. The van der Waals surface area contributed by atoms with Gasteiger partial charge in [-0.25, -0.2) is 4.79 Å². The maximum atomic E-state index is 11.2. The van der Waals surface area contributed by atoms with Crippen LogP contribution in [-0.4, -0.2) is 45.0 Å². The zero-order valence-electron chi connectivity index (χ0n) is 11.9. The Kier molecular flexibility index (Phi) is 5.68. The van der Waals surface area contributed by atoms with Crippen LogP contribution in [0.1, 0.15) is 13.3 Å². The van der Waals surface area contributed by atoms with Gasteiger partial charge in [-0.15, -0.1) is 0 Å². The zero-order chi connectivity index (χ0) is 14.2. The molecule has 1 amide bonds. The van der Waals surface area contributed by atoms with Crippen LogP contribution in [0, 0.1) is 0 Å². The summed E-state index contributed by atoms with van der Waals surface area (Å²) in [6.45, 7) is 5.25. The summed E-state index contributed by atoms with van der Waals surface area (Å²) in [6, 6.07) is 10.3. The van der Waals surface area contributed by atoms with E-state index in [1.54, 1.807) is 6.92 Å². The van der Waals surface area contributed by atoms with Crippen molar-refractivity contribution < 1.29 is 14.3 Å². The quantitative estimate of drug-likeness (QED) is 0.895. The third kappa shape index (κ3) is 4.42. The number of carbonyl (C=O) groups excluding carboxylic acids is 1. The highest BCUT2D eigenvalue weighted by Crippen LogP contribution is 2.17. The normalized spacial score (nSPS) is 18.6. The fourth-order valence-corrected chi connectivity index (χ4v) is 2.28. The lowest BCUT2D eigenvalue weighted by Crippen LogP contribution is -2.43. The van der Waals surface area contributed by atoms with Gasteiger partial charge in [0, 0.05) is 25.3 Å². The van der Waals surface area contributed by atoms with Crippen molar-refractivity contribution in [2.24, 2.45) is 0 Å². The number of para-hydroxylation sites is 1. The van der Waals surface area contributed by atoms with Gasteiger partial charge in [-0.05, 0) is 25.5 Å². The molecular weight excluding hydrogens is 256 g/mol. The van der Waals surface area contributed by atoms with Crippen molar-refractivity contribution >= 4 is 11.8 Å².